The topological polar surface area (TPSA) is 41.6 Å². The monoisotopic (exact) mass is 308 g/mol. The van der Waals surface area contributed by atoms with E-state index in [2.05, 4.69) is 5.32 Å². The summed E-state index contributed by atoms with van der Waals surface area (Å²) >= 11 is 0. The van der Waals surface area contributed by atoms with Crippen molar-refractivity contribution in [2.75, 3.05) is 13.1 Å². The molecule has 4 nitrogen and oxygen atoms in total. The number of nitrogens with one attached hydrogen (secondary N) is 1. The molecule has 0 unspecified atom stereocenters. The molecule has 0 spiro atoms. The van der Waals surface area contributed by atoms with E-state index in [1.165, 1.54) is 12.1 Å². The number of carbonyl (C=O) groups is 1. The van der Waals surface area contributed by atoms with Gasteiger partial charge in [-0.3, -0.25) is 0 Å². The predicted molar refractivity (Wildman–Crippen MR) is 84.1 cm³/mol. The minimum Gasteiger partial charge on any atom is -0.444 e. The third-order valence-corrected chi connectivity index (χ3v) is 3.64. The van der Waals surface area contributed by atoms with E-state index in [4.69, 9.17) is 4.74 Å². The average Bonchev–Trinajstić information content (AvgIpc) is 2.45. The summed E-state index contributed by atoms with van der Waals surface area (Å²) in [7, 11) is 0. The van der Waals surface area contributed by atoms with E-state index >= 15 is 0 Å². The lowest BCUT2D eigenvalue weighted by Crippen LogP contribution is -2.47. The smallest absolute Gasteiger partial charge is 0.410 e. The zero-order valence-electron chi connectivity index (χ0n) is 13.6. The van der Waals surface area contributed by atoms with Gasteiger partial charge in [-0.05, 0) is 64.4 Å². The molecule has 0 saturated carbocycles. The molecule has 5 heteroatoms. The number of benzene rings is 1. The number of halogens is 1. The van der Waals surface area contributed by atoms with Crippen LogP contribution in [-0.2, 0) is 11.3 Å². The number of rotatable bonds is 3. The highest BCUT2D eigenvalue weighted by atomic mass is 19.1. The molecule has 0 aliphatic carbocycles. The number of piperidine rings is 1. The number of ether oxygens (including phenoxy) is 1. The van der Waals surface area contributed by atoms with Gasteiger partial charge in [0.2, 0.25) is 0 Å². The van der Waals surface area contributed by atoms with Crippen molar-refractivity contribution in [3.05, 3.63) is 35.6 Å². The molecule has 0 radical (unpaired) electrons. The second-order valence-corrected chi connectivity index (χ2v) is 6.72. The Morgan fingerprint density at radius 3 is 2.41 bits per heavy atom. The first-order chi connectivity index (χ1) is 10.3. The van der Waals surface area contributed by atoms with Crippen molar-refractivity contribution >= 4 is 6.09 Å². The van der Waals surface area contributed by atoms with Gasteiger partial charge in [0, 0.05) is 12.6 Å². The van der Waals surface area contributed by atoms with Gasteiger partial charge in [-0.2, -0.15) is 0 Å². The number of carbonyl (C=O) groups excluding carboxylic acids is 1. The van der Waals surface area contributed by atoms with E-state index in [0.717, 1.165) is 31.5 Å². The highest BCUT2D eigenvalue weighted by molar-refractivity contribution is 5.68. The van der Waals surface area contributed by atoms with E-state index in [0.29, 0.717) is 6.54 Å². The SMILES string of the molecule is CC(C)(C)OC(=O)N(Cc1ccc(F)cc1)C1CCNCC1. The van der Waals surface area contributed by atoms with Crippen molar-refractivity contribution in [3.8, 4) is 0 Å². The Bertz CT molecular complexity index is 490. The van der Waals surface area contributed by atoms with Gasteiger partial charge in [0.15, 0.2) is 0 Å². The molecule has 122 valence electrons. The van der Waals surface area contributed by atoms with Crippen LogP contribution in [0.25, 0.3) is 0 Å². The molecular formula is C17H25FN2O2. The highest BCUT2D eigenvalue weighted by Gasteiger charge is 2.29. The van der Waals surface area contributed by atoms with Gasteiger partial charge in [0.1, 0.15) is 11.4 Å². The van der Waals surface area contributed by atoms with Gasteiger partial charge in [0.05, 0.1) is 0 Å². The Morgan fingerprint density at radius 1 is 1.27 bits per heavy atom. The lowest BCUT2D eigenvalue weighted by atomic mass is 10.0. The third-order valence-electron chi connectivity index (χ3n) is 3.64. The molecule has 1 heterocycles. The van der Waals surface area contributed by atoms with Gasteiger partial charge in [-0.1, -0.05) is 12.1 Å². The normalized spacial score (nSPS) is 16.4. The fraction of sp³-hybridized carbons (Fsp3) is 0.588. The van der Waals surface area contributed by atoms with Crippen LogP contribution in [0.1, 0.15) is 39.2 Å². The van der Waals surface area contributed by atoms with Crippen molar-refractivity contribution < 1.29 is 13.9 Å². The van der Waals surface area contributed by atoms with Crippen molar-refractivity contribution in [2.24, 2.45) is 0 Å². The molecule has 1 aromatic carbocycles. The first kappa shape index (κ1) is 16.7. The standard InChI is InChI=1S/C17H25FN2O2/c1-17(2,3)22-16(21)20(15-8-10-19-11-9-15)12-13-4-6-14(18)7-5-13/h4-7,15,19H,8-12H2,1-3H3. The summed E-state index contributed by atoms with van der Waals surface area (Å²) in [6.07, 6.45) is 1.50. The molecule has 1 aromatic rings. The Kier molecular flexibility index (Phi) is 5.40. The molecule has 1 N–H and O–H groups in total. The first-order valence-electron chi connectivity index (χ1n) is 7.80. The van der Waals surface area contributed by atoms with Crippen LogP contribution in [0.15, 0.2) is 24.3 Å². The largest absolute Gasteiger partial charge is 0.444 e. The van der Waals surface area contributed by atoms with Crippen LogP contribution in [0.2, 0.25) is 0 Å². The average molecular weight is 308 g/mol. The van der Waals surface area contributed by atoms with Crippen molar-refractivity contribution in [1.82, 2.24) is 10.2 Å². The fourth-order valence-corrected chi connectivity index (χ4v) is 2.57. The number of hydrogen-bond donors (Lipinski definition) is 1. The highest BCUT2D eigenvalue weighted by Crippen LogP contribution is 2.20. The zero-order valence-corrected chi connectivity index (χ0v) is 13.6. The predicted octanol–water partition coefficient (Wildman–Crippen LogP) is 3.31. The summed E-state index contributed by atoms with van der Waals surface area (Å²) in [5, 5.41) is 3.30. The summed E-state index contributed by atoms with van der Waals surface area (Å²) in [5.74, 6) is -0.269. The van der Waals surface area contributed by atoms with Gasteiger partial charge >= 0.3 is 6.09 Å². The molecule has 0 atom stereocenters. The molecule has 1 fully saturated rings. The fourth-order valence-electron chi connectivity index (χ4n) is 2.57. The summed E-state index contributed by atoms with van der Waals surface area (Å²) in [5.41, 5.74) is 0.385. The lowest BCUT2D eigenvalue weighted by molar-refractivity contribution is 0.0107. The Labute approximate surface area is 131 Å². The number of nitrogens with zero attached hydrogens (tertiary/aromatic N) is 1. The Balaban J connectivity index is 2.13. The second kappa shape index (κ2) is 7.09. The summed E-state index contributed by atoms with van der Waals surface area (Å²) in [4.78, 5) is 14.3. The third kappa shape index (κ3) is 4.98. The lowest BCUT2D eigenvalue weighted by Gasteiger charge is -2.36. The Morgan fingerprint density at radius 2 is 1.86 bits per heavy atom. The second-order valence-electron chi connectivity index (χ2n) is 6.72. The molecule has 1 amide bonds. The maximum atomic E-state index is 13.0. The molecule has 0 bridgehead atoms. The van der Waals surface area contributed by atoms with E-state index in [-0.39, 0.29) is 18.0 Å². The van der Waals surface area contributed by atoms with E-state index in [1.807, 2.05) is 20.8 Å². The van der Waals surface area contributed by atoms with E-state index in [9.17, 15) is 9.18 Å². The summed E-state index contributed by atoms with van der Waals surface area (Å²) < 4.78 is 18.6. The van der Waals surface area contributed by atoms with Crippen molar-refractivity contribution in [3.63, 3.8) is 0 Å². The van der Waals surface area contributed by atoms with E-state index in [1.54, 1.807) is 17.0 Å². The number of amides is 1. The molecule has 1 saturated heterocycles. The van der Waals surface area contributed by atoms with Gasteiger partial charge in [-0.25, -0.2) is 9.18 Å². The van der Waals surface area contributed by atoms with Crippen LogP contribution in [0.5, 0.6) is 0 Å². The molecule has 0 aromatic heterocycles. The van der Waals surface area contributed by atoms with Gasteiger partial charge in [-0.15, -0.1) is 0 Å². The van der Waals surface area contributed by atoms with Crippen LogP contribution >= 0.6 is 0 Å². The van der Waals surface area contributed by atoms with Crippen LogP contribution in [0.4, 0.5) is 9.18 Å². The van der Waals surface area contributed by atoms with Crippen LogP contribution in [0, 0.1) is 5.82 Å². The minimum absolute atomic E-state index is 0.154. The Hall–Kier alpha value is -1.62. The summed E-state index contributed by atoms with van der Waals surface area (Å²) in [6, 6.07) is 6.43. The first-order valence-corrected chi connectivity index (χ1v) is 7.80. The van der Waals surface area contributed by atoms with Crippen LogP contribution in [0.3, 0.4) is 0 Å². The van der Waals surface area contributed by atoms with E-state index < -0.39 is 5.60 Å². The maximum Gasteiger partial charge on any atom is 0.410 e. The minimum atomic E-state index is -0.523. The maximum absolute atomic E-state index is 13.0. The quantitative estimate of drug-likeness (QED) is 0.931. The van der Waals surface area contributed by atoms with Crippen molar-refractivity contribution in [2.45, 2.75) is 51.8 Å². The molecule has 1 aliphatic heterocycles. The zero-order chi connectivity index (χ0) is 16.2. The molecule has 1 aliphatic rings. The molecule has 22 heavy (non-hydrogen) atoms. The van der Waals surface area contributed by atoms with Gasteiger partial charge in [0.25, 0.3) is 0 Å². The van der Waals surface area contributed by atoms with Crippen LogP contribution < -0.4 is 5.32 Å². The number of hydrogen-bond acceptors (Lipinski definition) is 3. The van der Waals surface area contributed by atoms with Crippen molar-refractivity contribution in [1.29, 1.82) is 0 Å². The molecule has 2 rings (SSSR count). The molecular weight excluding hydrogens is 283 g/mol. The van der Waals surface area contributed by atoms with Gasteiger partial charge < -0.3 is 15.0 Å². The van der Waals surface area contributed by atoms with Crippen LogP contribution in [-0.4, -0.2) is 35.7 Å². The summed E-state index contributed by atoms with van der Waals surface area (Å²) in [6.45, 7) is 7.83.